The fourth-order valence-electron chi connectivity index (χ4n) is 8.59. The van der Waals surface area contributed by atoms with Crippen molar-refractivity contribution in [3.05, 3.63) is 119 Å². The van der Waals surface area contributed by atoms with Crippen LogP contribution in [-0.2, 0) is 24.6 Å². The molecule has 1 atom stereocenters. The largest absolute Gasteiger partial charge is 0.427 e. The minimum atomic E-state index is -5.63. The maximum atomic E-state index is 14.6. The molecule has 4 aromatic carbocycles. The molecule has 66 heavy (non-hydrogen) atoms. The summed E-state index contributed by atoms with van der Waals surface area (Å²) in [7, 11) is -10.4. The Balaban J connectivity index is 1.02. The Morgan fingerprint density at radius 3 is 2.29 bits per heavy atom. The molecule has 1 amide bonds. The zero-order chi connectivity index (χ0) is 47.1. The summed E-state index contributed by atoms with van der Waals surface area (Å²) < 4.78 is 86.1. The molecule has 0 aromatic heterocycles. The molecule has 4 aromatic rings. The molecule has 11 nitrogen and oxygen atoms in total. The number of nitrogens with one attached hydrogen (secondary N) is 2. The van der Waals surface area contributed by atoms with E-state index in [4.69, 9.17) is 27.9 Å². The first-order valence-corrected chi connectivity index (χ1v) is 26.9. The van der Waals surface area contributed by atoms with E-state index in [1.807, 2.05) is 47.2 Å². The van der Waals surface area contributed by atoms with E-state index in [0.29, 0.717) is 44.5 Å². The van der Waals surface area contributed by atoms with Gasteiger partial charge in [-0.05, 0) is 127 Å². The molecule has 7 rings (SSSR count). The number of benzene rings is 4. The van der Waals surface area contributed by atoms with Crippen LogP contribution in [0.3, 0.4) is 0 Å². The third-order valence-corrected chi connectivity index (χ3v) is 17.3. The number of carbonyl (C=O) groups excluding carboxylic acids is 1. The van der Waals surface area contributed by atoms with E-state index in [1.54, 1.807) is 12.1 Å². The lowest BCUT2D eigenvalue weighted by molar-refractivity contribution is 0.0981. The average molecular weight is 1010 g/mol. The van der Waals surface area contributed by atoms with Crippen molar-refractivity contribution in [2.45, 2.75) is 71.4 Å². The molecule has 2 saturated heterocycles. The summed E-state index contributed by atoms with van der Waals surface area (Å²) in [4.78, 5) is 19.5. The molecule has 2 N–H and O–H groups in total. The van der Waals surface area contributed by atoms with E-state index in [9.17, 15) is 30.4 Å². The zero-order valence-electron chi connectivity index (χ0n) is 37.2. The second-order valence-electron chi connectivity index (χ2n) is 17.8. The van der Waals surface area contributed by atoms with Gasteiger partial charge in [-0.1, -0.05) is 61.4 Å². The Hall–Kier alpha value is -3.74. The van der Waals surface area contributed by atoms with Gasteiger partial charge in [-0.25, -0.2) is 21.6 Å². The minimum absolute atomic E-state index is 0.0380. The van der Waals surface area contributed by atoms with Crippen LogP contribution in [0.2, 0.25) is 5.02 Å². The van der Waals surface area contributed by atoms with Crippen molar-refractivity contribution < 1.29 is 35.1 Å². The number of hydrogen-bond acceptors (Lipinski definition) is 11. The third kappa shape index (κ3) is 13.1. The summed E-state index contributed by atoms with van der Waals surface area (Å²) in [6.07, 6.45) is 4.54. The van der Waals surface area contributed by atoms with Gasteiger partial charge in [0.1, 0.15) is 0 Å². The van der Waals surface area contributed by atoms with E-state index < -0.39 is 46.3 Å². The van der Waals surface area contributed by atoms with Crippen LogP contribution in [0, 0.1) is 5.41 Å². The second kappa shape index (κ2) is 21.7. The van der Waals surface area contributed by atoms with Crippen molar-refractivity contribution in [3.63, 3.8) is 0 Å². The van der Waals surface area contributed by atoms with E-state index in [2.05, 4.69) is 46.0 Å². The number of carbonyl (C=O) groups is 1. The zero-order valence-corrected chi connectivity index (χ0v) is 41.1. The van der Waals surface area contributed by atoms with Crippen molar-refractivity contribution in [3.8, 4) is 0 Å². The van der Waals surface area contributed by atoms with Gasteiger partial charge < -0.3 is 19.9 Å². The maximum Gasteiger partial charge on any atom is 0.427 e. The molecular formula is C48H57Cl2F2N5O6S3. The van der Waals surface area contributed by atoms with E-state index in [0.717, 1.165) is 92.7 Å². The van der Waals surface area contributed by atoms with E-state index >= 15 is 0 Å². The smallest absolute Gasteiger partial charge is 0.380 e. The number of halogens is 4. The second-order valence-corrected chi connectivity index (χ2v) is 23.7. The van der Waals surface area contributed by atoms with Crippen LogP contribution in [0.25, 0.3) is 5.57 Å². The highest BCUT2D eigenvalue weighted by Crippen LogP contribution is 2.44. The first-order valence-electron chi connectivity index (χ1n) is 22.2. The van der Waals surface area contributed by atoms with Gasteiger partial charge in [-0.15, -0.1) is 11.8 Å². The van der Waals surface area contributed by atoms with Crippen LogP contribution in [0.15, 0.2) is 117 Å². The molecule has 2 aliphatic heterocycles. The highest BCUT2D eigenvalue weighted by molar-refractivity contribution is 7.99. The number of piperazine rings is 1. The quantitative estimate of drug-likeness (QED) is 0.0776. The summed E-state index contributed by atoms with van der Waals surface area (Å²) in [5, 5.41) is 3.84. The number of alkyl halides is 3. The summed E-state index contributed by atoms with van der Waals surface area (Å²) in [5.41, 5.74) is 4.98. The maximum absolute atomic E-state index is 14.6. The van der Waals surface area contributed by atoms with Crippen molar-refractivity contribution in [1.82, 2.24) is 14.5 Å². The lowest BCUT2D eigenvalue weighted by atomic mass is 9.72. The van der Waals surface area contributed by atoms with Gasteiger partial charge in [0.2, 0.25) is 0 Å². The summed E-state index contributed by atoms with van der Waals surface area (Å²) in [5.74, 6) is -0.544. The molecule has 0 bridgehead atoms. The number of ether oxygens (including phenoxy) is 1. The molecule has 1 aliphatic carbocycles. The number of sulfone groups is 1. The summed E-state index contributed by atoms with van der Waals surface area (Å²) in [6, 6.07) is 26.5. The van der Waals surface area contributed by atoms with Gasteiger partial charge in [0.25, 0.3) is 25.8 Å². The molecule has 0 unspecified atom stereocenters. The third-order valence-electron chi connectivity index (χ3n) is 12.4. The first-order chi connectivity index (χ1) is 31.4. The van der Waals surface area contributed by atoms with Crippen LogP contribution in [0.4, 0.5) is 20.2 Å². The highest BCUT2D eigenvalue weighted by Gasteiger charge is 2.46. The van der Waals surface area contributed by atoms with Gasteiger partial charge in [0, 0.05) is 91.9 Å². The van der Waals surface area contributed by atoms with Crippen LogP contribution in [0.5, 0.6) is 0 Å². The molecule has 0 radical (unpaired) electrons. The van der Waals surface area contributed by atoms with Gasteiger partial charge in [0.15, 0.2) is 0 Å². The van der Waals surface area contributed by atoms with Crippen LogP contribution >= 0.6 is 35.0 Å². The number of thioether (sulfide) groups is 1. The van der Waals surface area contributed by atoms with Gasteiger partial charge in [-0.2, -0.15) is 8.78 Å². The Morgan fingerprint density at radius 1 is 0.879 bits per heavy atom. The van der Waals surface area contributed by atoms with Crippen molar-refractivity contribution in [1.29, 1.82) is 0 Å². The normalized spacial score (nSPS) is 18.4. The molecule has 356 valence electrons. The molecule has 2 heterocycles. The fraction of sp³-hybridized carbons (Fsp3) is 0.438. The predicted molar refractivity (Wildman–Crippen MR) is 261 cm³/mol. The number of allylic oxidation sites excluding steroid dienone is 1. The van der Waals surface area contributed by atoms with Crippen LogP contribution < -0.4 is 14.9 Å². The minimum Gasteiger partial charge on any atom is -0.380 e. The summed E-state index contributed by atoms with van der Waals surface area (Å²) in [6.45, 7) is 12.1. The molecule has 18 heteroatoms. The lowest BCUT2D eigenvalue weighted by Gasteiger charge is -2.39. The number of nitrogens with zero attached hydrogens (tertiary/aromatic N) is 3. The van der Waals surface area contributed by atoms with E-state index in [-0.39, 0.29) is 16.7 Å². The summed E-state index contributed by atoms with van der Waals surface area (Å²) >= 11 is 12.9. The molecule has 0 saturated carbocycles. The number of hydrogen-bond donors (Lipinski definition) is 2. The Labute approximate surface area is 402 Å². The van der Waals surface area contributed by atoms with Crippen molar-refractivity contribution in [2.24, 2.45) is 5.41 Å². The molecule has 0 spiro atoms. The molecule has 2 fully saturated rings. The SMILES string of the molecule is CC1(C)CCC(CN2CCN(c3ccc(C(=O)NS(=O)(=O)c4ccc(N[C@H](CCN5CCCOCC5)CSc5ccccc5)c(S(=O)(=O)C(F)(F)Cl)c4)cc3)CC2)=C(c2ccc(Cl)cc2)C1. The lowest BCUT2D eigenvalue weighted by Crippen LogP contribution is -2.47. The van der Waals surface area contributed by atoms with Crippen LogP contribution in [-0.4, -0.2) is 115 Å². The number of amides is 1. The number of rotatable bonds is 17. The first kappa shape index (κ1) is 50.1. The number of anilines is 2. The van der Waals surface area contributed by atoms with Gasteiger partial charge in [0.05, 0.1) is 22.1 Å². The van der Waals surface area contributed by atoms with E-state index in [1.165, 1.54) is 40.6 Å². The Kier molecular flexibility index (Phi) is 16.5. The van der Waals surface area contributed by atoms with Crippen molar-refractivity contribution >= 4 is 77.7 Å². The van der Waals surface area contributed by atoms with Crippen LogP contribution in [0.1, 0.15) is 61.9 Å². The van der Waals surface area contributed by atoms with Crippen molar-refractivity contribution in [2.75, 3.05) is 81.5 Å². The molecular weight excluding hydrogens is 948 g/mol. The number of sulfonamides is 1. The molecule has 3 aliphatic rings. The Bertz CT molecular complexity index is 2550. The fourth-order valence-corrected chi connectivity index (χ4v) is 12.0. The monoisotopic (exact) mass is 1000 g/mol. The predicted octanol–water partition coefficient (Wildman–Crippen LogP) is 9.49. The Morgan fingerprint density at radius 2 is 1.59 bits per heavy atom. The topological polar surface area (TPSA) is 128 Å². The standard InChI is InChI=1S/C48H57Cl2F2N5O6S3/c1-47(2)21-19-37(43(32-47)35-9-13-38(49)14-10-35)33-56-24-26-57(27-25-56)40-15-11-36(12-16-40)46(58)54-66(61,62)42-17-18-44(45(31-42)65(59,60)48(50,51)52)53-39(34-64-41-7-4-3-5-8-41)20-23-55-22-6-29-63-30-28-55/h3-5,7-18,31,39,53H,6,19-30,32-34H2,1-2H3,(H,54,58)/t39-/m1/s1. The van der Waals surface area contributed by atoms with Gasteiger partial charge in [-0.3, -0.25) is 9.69 Å². The van der Waals surface area contributed by atoms with Gasteiger partial charge >= 0.3 is 4.71 Å². The highest BCUT2D eigenvalue weighted by atomic mass is 35.5. The average Bonchev–Trinajstić information content (AvgIpc) is 3.57.